The van der Waals surface area contributed by atoms with Gasteiger partial charge in [-0.2, -0.15) is 23.3 Å². The summed E-state index contributed by atoms with van der Waals surface area (Å²) in [7, 11) is 0. The Morgan fingerprint density at radius 1 is 1.41 bits per heavy atom. The molecule has 1 heterocycles. The van der Waals surface area contributed by atoms with Crippen LogP contribution in [0.25, 0.3) is 0 Å². The van der Waals surface area contributed by atoms with E-state index in [1.807, 2.05) is 0 Å². The van der Waals surface area contributed by atoms with Crippen molar-refractivity contribution in [2.24, 2.45) is 11.0 Å². The van der Waals surface area contributed by atoms with E-state index in [9.17, 15) is 23.1 Å². The molecule has 0 unspecified atom stereocenters. The number of ether oxygens (including phenoxy) is 1. The molecule has 1 amide bonds. The van der Waals surface area contributed by atoms with Gasteiger partial charge in [0.15, 0.2) is 6.61 Å². The number of benzene rings is 1. The summed E-state index contributed by atoms with van der Waals surface area (Å²) in [4.78, 5) is 12.5. The summed E-state index contributed by atoms with van der Waals surface area (Å²) in [6.45, 7) is 1.06. The minimum Gasteiger partial charge on any atom is -0.484 e. The van der Waals surface area contributed by atoms with E-state index in [-0.39, 0.29) is 17.1 Å². The summed E-state index contributed by atoms with van der Waals surface area (Å²) < 4.78 is 46.5. The lowest BCUT2D eigenvalue weighted by Crippen LogP contribution is -2.61. The summed E-state index contributed by atoms with van der Waals surface area (Å²) in [5.74, 6) is -1.99. The SMILES string of the molecule is Cc1cc(OCC(=O)N2N=C3CCCCC[C@H]3[C@@]2(O)C(F)(F)F)ccc1Cl. The molecule has 3 rings (SSSR count). The molecule has 0 bridgehead atoms. The Morgan fingerprint density at radius 2 is 2.15 bits per heavy atom. The Balaban J connectivity index is 1.81. The Hall–Kier alpha value is -1.80. The molecule has 1 aromatic carbocycles. The molecule has 0 spiro atoms. The van der Waals surface area contributed by atoms with Crippen LogP contribution >= 0.6 is 11.6 Å². The molecular weight excluding hydrogens is 385 g/mol. The Labute approximate surface area is 159 Å². The predicted molar refractivity (Wildman–Crippen MR) is 93.5 cm³/mol. The van der Waals surface area contributed by atoms with Gasteiger partial charge in [0.1, 0.15) is 5.75 Å². The largest absolute Gasteiger partial charge is 0.484 e. The van der Waals surface area contributed by atoms with E-state index >= 15 is 0 Å². The normalized spacial score (nSPS) is 25.6. The van der Waals surface area contributed by atoms with E-state index in [1.54, 1.807) is 19.1 Å². The number of hydrogen-bond donors (Lipinski definition) is 1. The van der Waals surface area contributed by atoms with Gasteiger partial charge in [0.2, 0.25) is 0 Å². The summed E-state index contributed by atoms with van der Waals surface area (Å²) in [6.07, 6.45) is -2.55. The van der Waals surface area contributed by atoms with Crippen LogP contribution in [-0.4, -0.2) is 40.2 Å². The van der Waals surface area contributed by atoms with Gasteiger partial charge in [-0.3, -0.25) is 4.79 Å². The highest BCUT2D eigenvalue weighted by atomic mass is 35.5. The first kappa shape index (κ1) is 19.9. The number of amides is 1. The fourth-order valence-corrected chi connectivity index (χ4v) is 3.67. The minimum absolute atomic E-state index is 0.135. The number of alkyl halides is 3. The average Bonchev–Trinajstić information content (AvgIpc) is 2.75. The van der Waals surface area contributed by atoms with Gasteiger partial charge >= 0.3 is 6.18 Å². The highest BCUT2D eigenvalue weighted by Crippen LogP contribution is 2.47. The second-order valence-electron chi connectivity index (χ2n) is 6.87. The van der Waals surface area contributed by atoms with Gasteiger partial charge in [-0.1, -0.05) is 24.4 Å². The van der Waals surface area contributed by atoms with E-state index in [0.717, 1.165) is 6.42 Å². The highest BCUT2D eigenvalue weighted by Gasteiger charge is 2.68. The lowest BCUT2D eigenvalue weighted by molar-refractivity contribution is -0.317. The average molecular weight is 405 g/mol. The van der Waals surface area contributed by atoms with E-state index in [4.69, 9.17) is 16.3 Å². The maximum absolute atomic E-state index is 13.7. The van der Waals surface area contributed by atoms with Crippen LogP contribution < -0.4 is 4.74 Å². The standard InChI is InChI=1S/C18H20ClF3N2O3/c1-11-9-12(7-8-14(11)19)27-10-16(25)24-17(26,18(20,21)22)13-5-3-2-4-6-15(13)23-24/h7-9,13,26H,2-6,10H2,1H3/t13-,17-/m1/s1. The number of carbonyl (C=O) groups is 1. The molecular formula is C18H20ClF3N2O3. The van der Waals surface area contributed by atoms with E-state index in [1.165, 1.54) is 6.07 Å². The van der Waals surface area contributed by atoms with Gasteiger partial charge in [0.25, 0.3) is 11.6 Å². The lowest BCUT2D eigenvalue weighted by atomic mass is 9.87. The molecule has 2 aliphatic rings. The molecule has 0 radical (unpaired) electrons. The van der Waals surface area contributed by atoms with Gasteiger partial charge < -0.3 is 9.84 Å². The van der Waals surface area contributed by atoms with Crippen molar-refractivity contribution in [3.63, 3.8) is 0 Å². The molecule has 1 saturated carbocycles. The molecule has 0 aromatic heterocycles. The van der Waals surface area contributed by atoms with Crippen LogP contribution in [0.4, 0.5) is 13.2 Å². The van der Waals surface area contributed by atoms with E-state index < -0.39 is 30.3 Å². The fraction of sp³-hybridized carbons (Fsp3) is 0.556. The van der Waals surface area contributed by atoms with Gasteiger partial charge in [-0.15, -0.1) is 0 Å². The van der Waals surface area contributed by atoms with Gasteiger partial charge in [-0.05, 0) is 49.9 Å². The second kappa shape index (κ2) is 7.31. The monoisotopic (exact) mass is 404 g/mol. The molecule has 1 N–H and O–H groups in total. The third-order valence-electron chi connectivity index (χ3n) is 5.01. The van der Waals surface area contributed by atoms with Crippen molar-refractivity contribution in [3.8, 4) is 5.75 Å². The summed E-state index contributed by atoms with van der Waals surface area (Å²) in [6, 6.07) is 4.65. The first-order valence-corrected chi connectivity index (χ1v) is 9.11. The smallest absolute Gasteiger partial charge is 0.439 e. The van der Waals surface area contributed by atoms with E-state index in [2.05, 4.69) is 5.10 Å². The number of fused-ring (bicyclic) bond motifs is 1. The zero-order chi connectivity index (χ0) is 19.8. The van der Waals surface area contributed by atoms with Crippen molar-refractivity contribution in [1.29, 1.82) is 0 Å². The van der Waals surface area contributed by atoms with Crippen molar-refractivity contribution >= 4 is 23.2 Å². The van der Waals surface area contributed by atoms with E-state index in [0.29, 0.717) is 35.6 Å². The minimum atomic E-state index is -5.03. The van der Waals surface area contributed by atoms with Crippen LogP contribution in [0.2, 0.25) is 5.02 Å². The van der Waals surface area contributed by atoms with Gasteiger partial charge in [-0.25, -0.2) is 0 Å². The van der Waals surface area contributed by atoms with Crippen LogP contribution in [0, 0.1) is 12.8 Å². The number of carbonyl (C=O) groups excluding carboxylic acids is 1. The second-order valence-corrected chi connectivity index (χ2v) is 7.28. The number of rotatable bonds is 3. The third-order valence-corrected chi connectivity index (χ3v) is 5.43. The number of aliphatic hydroxyl groups is 1. The third kappa shape index (κ3) is 3.65. The van der Waals surface area contributed by atoms with Crippen molar-refractivity contribution in [2.75, 3.05) is 6.61 Å². The quantitative estimate of drug-likeness (QED) is 0.826. The molecule has 1 aromatic rings. The topological polar surface area (TPSA) is 62.1 Å². The van der Waals surface area contributed by atoms with Crippen molar-refractivity contribution < 1.29 is 27.8 Å². The zero-order valence-corrected chi connectivity index (χ0v) is 15.5. The summed E-state index contributed by atoms with van der Waals surface area (Å²) in [5, 5.41) is 15.1. The zero-order valence-electron chi connectivity index (χ0n) is 14.7. The van der Waals surface area contributed by atoms with Crippen LogP contribution in [-0.2, 0) is 4.79 Å². The molecule has 5 nitrogen and oxygen atoms in total. The predicted octanol–water partition coefficient (Wildman–Crippen LogP) is 4.06. The molecule has 9 heteroatoms. The number of hydrazone groups is 1. The van der Waals surface area contributed by atoms with Crippen LogP contribution in [0.3, 0.4) is 0 Å². The maximum Gasteiger partial charge on any atom is 0.439 e. The molecule has 1 aliphatic carbocycles. The number of nitrogens with zero attached hydrogens (tertiary/aromatic N) is 2. The molecule has 1 fully saturated rings. The molecule has 2 atom stereocenters. The van der Waals surface area contributed by atoms with Gasteiger partial charge in [0, 0.05) is 10.7 Å². The Kier molecular flexibility index (Phi) is 5.40. The molecule has 0 saturated heterocycles. The Bertz CT molecular complexity index is 769. The number of halogens is 4. The summed E-state index contributed by atoms with van der Waals surface area (Å²) in [5.41, 5.74) is -2.40. The van der Waals surface area contributed by atoms with Crippen LogP contribution in [0.5, 0.6) is 5.75 Å². The highest BCUT2D eigenvalue weighted by molar-refractivity contribution is 6.31. The first-order chi connectivity index (χ1) is 12.6. The molecule has 148 valence electrons. The van der Waals surface area contributed by atoms with Crippen molar-refractivity contribution in [1.82, 2.24) is 5.01 Å². The maximum atomic E-state index is 13.7. The van der Waals surface area contributed by atoms with Crippen molar-refractivity contribution in [3.05, 3.63) is 28.8 Å². The van der Waals surface area contributed by atoms with Crippen LogP contribution in [0.1, 0.15) is 37.7 Å². The lowest BCUT2D eigenvalue weighted by Gasteiger charge is -2.37. The summed E-state index contributed by atoms with van der Waals surface area (Å²) >= 11 is 5.91. The number of aryl methyl sites for hydroxylation is 1. The number of hydrogen-bond acceptors (Lipinski definition) is 4. The van der Waals surface area contributed by atoms with Crippen LogP contribution in [0.15, 0.2) is 23.3 Å². The molecule has 27 heavy (non-hydrogen) atoms. The Morgan fingerprint density at radius 3 is 2.81 bits per heavy atom. The molecule has 1 aliphatic heterocycles. The first-order valence-electron chi connectivity index (χ1n) is 8.73. The van der Waals surface area contributed by atoms with Crippen molar-refractivity contribution in [2.45, 2.75) is 50.9 Å². The van der Waals surface area contributed by atoms with Gasteiger partial charge in [0.05, 0.1) is 5.92 Å². The fourth-order valence-electron chi connectivity index (χ4n) is 3.55.